The average molecular weight is 531 g/mol. The Labute approximate surface area is 220 Å². The van der Waals surface area contributed by atoms with Crippen molar-refractivity contribution in [2.45, 2.75) is 51.8 Å². The number of sulfonamides is 1. The van der Waals surface area contributed by atoms with Crippen molar-refractivity contribution in [1.29, 1.82) is 0 Å². The van der Waals surface area contributed by atoms with Crippen molar-refractivity contribution in [3.8, 4) is 0 Å². The predicted octanol–water partition coefficient (Wildman–Crippen LogP) is 3.15. The van der Waals surface area contributed by atoms with Crippen LogP contribution in [-0.2, 0) is 21.3 Å². The van der Waals surface area contributed by atoms with Gasteiger partial charge in [-0.15, -0.1) is 0 Å². The highest BCUT2D eigenvalue weighted by Crippen LogP contribution is 2.22. The summed E-state index contributed by atoms with van der Waals surface area (Å²) in [5.74, 6) is -0.195. The fourth-order valence-corrected chi connectivity index (χ4v) is 5.65. The van der Waals surface area contributed by atoms with Gasteiger partial charge in [-0.25, -0.2) is 13.2 Å². The molecule has 0 spiro atoms. The number of likely N-dealkylation sites (tertiary alicyclic amines) is 1. The summed E-state index contributed by atoms with van der Waals surface area (Å²) < 4.78 is 33.7. The molecule has 1 aliphatic heterocycles. The molecule has 1 saturated heterocycles. The standard InChI is InChI=1S/C27H38N4O5S/c1-27(2,3)36-26(33)29-23-13-15-30(16-14-23)17-18-37(34,35)31(24-7-5-4-6-8-24)20-21-9-11-22(12-10-21)25(32)19-28/h4-12,23H,13-20,28H2,1-3H3,(H,29,33). The summed E-state index contributed by atoms with van der Waals surface area (Å²) in [6.07, 6.45) is 1.04. The summed E-state index contributed by atoms with van der Waals surface area (Å²) in [6, 6.07) is 15.9. The molecule has 0 saturated carbocycles. The number of carbonyl (C=O) groups excluding carboxylic acids is 2. The number of nitrogens with one attached hydrogen (secondary N) is 1. The number of anilines is 1. The van der Waals surface area contributed by atoms with E-state index in [4.69, 9.17) is 10.5 Å². The van der Waals surface area contributed by atoms with E-state index < -0.39 is 21.7 Å². The topological polar surface area (TPSA) is 122 Å². The zero-order valence-electron chi connectivity index (χ0n) is 21.9. The van der Waals surface area contributed by atoms with Crippen molar-refractivity contribution in [3.05, 3.63) is 65.7 Å². The van der Waals surface area contributed by atoms with Crippen molar-refractivity contribution in [2.75, 3.05) is 36.2 Å². The fraction of sp³-hybridized carbons (Fsp3) is 0.481. The highest BCUT2D eigenvalue weighted by atomic mass is 32.2. The molecule has 9 nitrogen and oxygen atoms in total. The van der Waals surface area contributed by atoms with Crippen molar-refractivity contribution < 1.29 is 22.7 Å². The third-order valence-corrected chi connectivity index (χ3v) is 7.85. The number of Topliss-reactive ketones (excluding diaryl/α,β-unsaturated/α-hetero) is 1. The molecule has 2 aromatic carbocycles. The third-order valence-electron chi connectivity index (χ3n) is 6.14. The number of piperidine rings is 1. The maximum atomic E-state index is 13.5. The molecular formula is C27H38N4O5S. The van der Waals surface area contributed by atoms with Gasteiger partial charge < -0.3 is 20.7 Å². The smallest absolute Gasteiger partial charge is 0.407 e. The number of ketones is 1. The predicted molar refractivity (Wildman–Crippen MR) is 145 cm³/mol. The lowest BCUT2D eigenvalue weighted by Gasteiger charge is -2.33. The first kappa shape index (κ1) is 28.6. The van der Waals surface area contributed by atoms with Crippen LogP contribution >= 0.6 is 0 Å². The van der Waals surface area contributed by atoms with E-state index in [1.807, 2.05) is 39.0 Å². The zero-order chi connectivity index (χ0) is 27.1. The largest absolute Gasteiger partial charge is 0.444 e. The van der Waals surface area contributed by atoms with Crippen LogP contribution < -0.4 is 15.4 Å². The SMILES string of the molecule is CC(C)(C)OC(=O)NC1CCN(CCS(=O)(=O)N(Cc2ccc(C(=O)CN)cc2)c2ccccc2)CC1. The number of rotatable bonds is 10. The van der Waals surface area contributed by atoms with E-state index in [1.54, 1.807) is 36.4 Å². The van der Waals surface area contributed by atoms with Gasteiger partial charge in [0.05, 0.1) is 24.5 Å². The molecule has 0 radical (unpaired) electrons. The molecule has 0 unspecified atom stereocenters. The highest BCUT2D eigenvalue weighted by molar-refractivity contribution is 7.92. The summed E-state index contributed by atoms with van der Waals surface area (Å²) >= 11 is 0. The Morgan fingerprint density at radius 2 is 1.68 bits per heavy atom. The Morgan fingerprint density at radius 1 is 1.05 bits per heavy atom. The number of amides is 1. The molecule has 202 valence electrons. The van der Waals surface area contributed by atoms with Gasteiger partial charge in [0, 0.05) is 31.2 Å². The summed E-state index contributed by atoms with van der Waals surface area (Å²) in [6.45, 7) is 7.35. The van der Waals surface area contributed by atoms with E-state index in [1.165, 1.54) is 4.31 Å². The van der Waals surface area contributed by atoms with Crippen molar-refractivity contribution in [1.82, 2.24) is 10.2 Å². The van der Waals surface area contributed by atoms with E-state index >= 15 is 0 Å². The van der Waals surface area contributed by atoms with Crippen LogP contribution in [0, 0.1) is 0 Å². The van der Waals surface area contributed by atoms with Crippen LogP contribution in [0.3, 0.4) is 0 Å². The molecule has 0 bridgehead atoms. The molecule has 1 heterocycles. The van der Waals surface area contributed by atoms with Gasteiger partial charge >= 0.3 is 6.09 Å². The summed E-state index contributed by atoms with van der Waals surface area (Å²) in [5.41, 5.74) is 6.75. The summed E-state index contributed by atoms with van der Waals surface area (Å²) in [7, 11) is -3.64. The molecular weight excluding hydrogens is 492 g/mol. The lowest BCUT2D eigenvalue weighted by atomic mass is 10.1. The lowest BCUT2D eigenvalue weighted by Crippen LogP contribution is -2.47. The average Bonchev–Trinajstić information content (AvgIpc) is 2.86. The number of nitrogens with zero attached hydrogens (tertiary/aromatic N) is 2. The molecule has 3 N–H and O–H groups in total. The van der Waals surface area contributed by atoms with Crippen LogP contribution in [0.5, 0.6) is 0 Å². The number of alkyl carbamates (subject to hydrolysis) is 1. The van der Waals surface area contributed by atoms with E-state index in [0.29, 0.717) is 30.9 Å². The van der Waals surface area contributed by atoms with Crippen LogP contribution in [0.15, 0.2) is 54.6 Å². The van der Waals surface area contributed by atoms with Crippen LogP contribution in [0.25, 0.3) is 0 Å². The molecule has 0 atom stereocenters. The quantitative estimate of drug-likeness (QED) is 0.453. The minimum absolute atomic E-state index is 0.0117. The number of benzene rings is 2. The first-order valence-electron chi connectivity index (χ1n) is 12.6. The van der Waals surface area contributed by atoms with Gasteiger partial charge in [-0.2, -0.15) is 0 Å². The highest BCUT2D eigenvalue weighted by Gasteiger charge is 2.27. The third kappa shape index (κ3) is 8.84. The molecule has 1 fully saturated rings. The second kappa shape index (κ2) is 12.5. The fourth-order valence-electron chi connectivity index (χ4n) is 4.15. The molecule has 1 aliphatic rings. The van der Waals surface area contributed by atoms with Crippen molar-refractivity contribution in [2.24, 2.45) is 5.73 Å². The first-order chi connectivity index (χ1) is 17.5. The molecule has 2 aromatic rings. The Bertz CT molecular complexity index is 1140. The Kier molecular flexibility index (Phi) is 9.69. The second-order valence-electron chi connectivity index (χ2n) is 10.2. The normalized spacial score (nSPS) is 15.2. The molecule has 37 heavy (non-hydrogen) atoms. The van der Waals surface area contributed by atoms with Gasteiger partial charge in [-0.1, -0.05) is 42.5 Å². The van der Waals surface area contributed by atoms with Gasteiger partial charge in [0.2, 0.25) is 10.0 Å². The van der Waals surface area contributed by atoms with Crippen molar-refractivity contribution in [3.63, 3.8) is 0 Å². The van der Waals surface area contributed by atoms with Gasteiger partial charge in [0.1, 0.15) is 5.60 Å². The zero-order valence-corrected chi connectivity index (χ0v) is 22.7. The number of hydrogen-bond donors (Lipinski definition) is 2. The first-order valence-corrected chi connectivity index (χ1v) is 14.2. The summed E-state index contributed by atoms with van der Waals surface area (Å²) in [4.78, 5) is 26.0. The van der Waals surface area contributed by atoms with E-state index in [2.05, 4.69) is 10.2 Å². The van der Waals surface area contributed by atoms with Crippen molar-refractivity contribution >= 4 is 27.6 Å². The van der Waals surface area contributed by atoms with Gasteiger partial charge in [0.25, 0.3) is 0 Å². The summed E-state index contributed by atoms with van der Waals surface area (Å²) in [5, 5.41) is 2.91. The second-order valence-corrected chi connectivity index (χ2v) is 12.3. The Morgan fingerprint density at radius 3 is 2.24 bits per heavy atom. The monoisotopic (exact) mass is 530 g/mol. The minimum atomic E-state index is -3.64. The van der Waals surface area contributed by atoms with Crippen LogP contribution in [0.1, 0.15) is 49.5 Å². The Balaban J connectivity index is 1.61. The van der Waals surface area contributed by atoms with Gasteiger partial charge in [0.15, 0.2) is 5.78 Å². The van der Waals surface area contributed by atoms with Crippen LogP contribution in [0.4, 0.5) is 10.5 Å². The number of ether oxygens (including phenoxy) is 1. The maximum absolute atomic E-state index is 13.5. The van der Waals surface area contributed by atoms with Gasteiger partial charge in [-0.05, 0) is 51.3 Å². The van der Waals surface area contributed by atoms with E-state index in [-0.39, 0.29) is 30.7 Å². The van der Waals surface area contributed by atoms with Crippen LogP contribution in [-0.4, -0.2) is 68.8 Å². The maximum Gasteiger partial charge on any atom is 0.407 e. The van der Waals surface area contributed by atoms with Gasteiger partial charge in [-0.3, -0.25) is 9.10 Å². The van der Waals surface area contributed by atoms with E-state index in [9.17, 15) is 18.0 Å². The number of nitrogens with two attached hydrogens (primary N) is 1. The number of carbonyl (C=O) groups is 2. The minimum Gasteiger partial charge on any atom is -0.444 e. The molecule has 10 heteroatoms. The molecule has 1 amide bonds. The van der Waals surface area contributed by atoms with E-state index in [0.717, 1.165) is 18.4 Å². The lowest BCUT2D eigenvalue weighted by molar-refractivity contribution is 0.0480. The number of para-hydroxylation sites is 1. The molecule has 3 rings (SSSR count). The number of hydrogen-bond acceptors (Lipinski definition) is 7. The molecule has 0 aliphatic carbocycles. The van der Waals surface area contributed by atoms with Crippen LogP contribution in [0.2, 0.25) is 0 Å². The molecule has 0 aromatic heterocycles. The Hall–Kier alpha value is -2.95.